The molecule has 1 amide bonds. The standard InChI is InChI=1S/C24H24FN3O2/c25-21-11-5-4-10-20(21)24-23(26-13-14-27-24)18-7-6-15-28(17-18)22(29)12-16-30-19-8-2-1-3-9-19/h1-5,8-11,13-14,18H,6-7,12,15-17H2. The molecule has 6 heteroatoms. The number of rotatable bonds is 6. The molecule has 2 heterocycles. The monoisotopic (exact) mass is 405 g/mol. The lowest BCUT2D eigenvalue weighted by atomic mass is 9.91. The van der Waals surface area contributed by atoms with Crippen LogP contribution in [0.4, 0.5) is 4.39 Å². The highest BCUT2D eigenvalue weighted by atomic mass is 19.1. The van der Waals surface area contributed by atoms with Gasteiger partial charge in [-0.05, 0) is 37.1 Å². The molecule has 1 saturated heterocycles. The fourth-order valence-corrected chi connectivity index (χ4v) is 3.87. The van der Waals surface area contributed by atoms with Gasteiger partial charge in [0, 0.05) is 37.0 Å². The molecule has 30 heavy (non-hydrogen) atoms. The van der Waals surface area contributed by atoms with Crippen molar-refractivity contribution in [2.45, 2.75) is 25.2 Å². The van der Waals surface area contributed by atoms with Gasteiger partial charge in [0.2, 0.25) is 5.91 Å². The van der Waals surface area contributed by atoms with Crippen LogP contribution in [0.2, 0.25) is 0 Å². The first-order valence-corrected chi connectivity index (χ1v) is 10.2. The van der Waals surface area contributed by atoms with Crippen molar-refractivity contribution in [3.63, 3.8) is 0 Å². The summed E-state index contributed by atoms with van der Waals surface area (Å²) in [5.74, 6) is 0.532. The molecule has 1 aromatic heterocycles. The van der Waals surface area contributed by atoms with E-state index < -0.39 is 0 Å². The number of para-hydroxylation sites is 1. The Kier molecular flexibility index (Phi) is 6.32. The molecule has 1 fully saturated rings. The summed E-state index contributed by atoms with van der Waals surface area (Å²) in [6, 6.07) is 16.1. The van der Waals surface area contributed by atoms with Gasteiger partial charge >= 0.3 is 0 Å². The molecular formula is C24H24FN3O2. The van der Waals surface area contributed by atoms with Gasteiger partial charge in [-0.15, -0.1) is 0 Å². The van der Waals surface area contributed by atoms with Crippen molar-refractivity contribution < 1.29 is 13.9 Å². The molecule has 2 aromatic carbocycles. The van der Waals surface area contributed by atoms with E-state index in [2.05, 4.69) is 9.97 Å². The first kappa shape index (κ1) is 20.0. The topological polar surface area (TPSA) is 55.3 Å². The van der Waals surface area contributed by atoms with Crippen molar-refractivity contribution in [2.24, 2.45) is 0 Å². The van der Waals surface area contributed by atoms with Gasteiger partial charge in [-0.25, -0.2) is 4.39 Å². The molecule has 4 rings (SSSR count). The summed E-state index contributed by atoms with van der Waals surface area (Å²) in [6.07, 6.45) is 5.31. The van der Waals surface area contributed by atoms with Gasteiger partial charge < -0.3 is 9.64 Å². The first-order valence-electron chi connectivity index (χ1n) is 10.2. The summed E-state index contributed by atoms with van der Waals surface area (Å²) in [4.78, 5) is 23.5. The van der Waals surface area contributed by atoms with E-state index in [0.29, 0.717) is 30.8 Å². The van der Waals surface area contributed by atoms with Crippen LogP contribution in [0.5, 0.6) is 5.75 Å². The number of hydrogen-bond acceptors (Lipinski definition) is 4. The summed E-state index contributed by atoms with van der Waals surface area (Å²) in [7, 11) is 0. The van der Waals surface area contributed by atoms with Gasteiger partial charge in [0.05, 0.1) is 24.4 Å². The Hall–Kier alpha value is -3.28. The lowest BCUT2D eigenvalue weighted by molar-refractivity contribution is -0.132. The third-order valence-electron chi connectivity index (χ3n) is 5.34. The molecule has 0 aliphatic carbocycles. The summed E-state index contributed by atoms with van der Waals surface area (Å²) in [5.41, 5.74) is 1.75. The maximum absolute atomic E-state index is 14.4. The quantitative estimate of drug-likeness (QED) is 0.608. The van der Waals surface area contributed by atoms with E-state index in [1.54, 1.807) is 30.6 Å². The molecular weight excluding hydrogens is 381 g/mol. The van der Waals surface area contributed by atoms with Crippen molar-refractivity contribution in [1.29, 1.82) is 0 Å². The first-order chi connectivity index (χ1) is 14.7. The summed E-state index contributed by atoms with van der Waals surface area (Å²) in [5, 5.41) is 0. The highest BCUT2D eigenvalue weighted by molar-refractivity contribution is 5.76. The van der Waals surface area contributed by atoms with Gasteiger partial charge in [0.1, 0.15) is 11.6 Å². The summed E-state index contributed by atoms with van der Waals surface area (Å²) in [6.45, 7) is 1.62. The van der Waals surface area contributed by atoms with Gasteiger partial charge in [0.15, 0.2) is 0 Å². The van der Waals surface area contributed by atoms with Crippen molar-refractivity contribution in [3.05, 3.63) is 78.5 Å². The second-order valence-corrected chi connectivity index (χ2v) is 7.36. The zero-order chi connectivity index (χ0) is 20.8. The van der Waals surface area contributed by atoms with Crippen LogP contribution in [-0.4, -0.2) is 40.5 Å². The fourth-order valence-electron chi connectivity index (χ4n) is 3.87. The van der Waals surface area contributed by atoms with Crippen LogP contribution < -0.4 is 4.74 Å². The molecule has 0 bridgehead atoms. The van der Waals surface area contributed by atoms with E-state index in [4.69, 9.17) is 4.74 Å². The van der Waals surface area contributed by atoms with Crippen LogP contribution in [-0.2, 0) is 4.79 Å². The molecule has 1 aliphatic rings. The van der Waals surface area contributed by atoms with Crippen LogP contribution in [0, 0.1) is 5.82 Å². The van der Waals surface area contributed by atoms with Crippen molar-refractivity contribution in [3.8, 4) is 17.0 Å². The molecule has 0 radical (unpaired) electrons. The molecule has 1 unspecified atom stereocenters. The highest BCUT2D eigenvalue weighted by Gasteiger charge is 2.28. The lowest BCUT2D eigenvalue weighted by Gasteiger charge is -2.33. The van der Waals surface area contributed by atoms with Crippen LogP contribution in [0.25, 0.3) is 11.3 Å². The van der Waals surface area contributed by atoms with Crippen LogP contribution >= 0.6 is 0 Å². The van der Waals surface area contributed by atoms with E-state index in [1.165, 1.54) is 6.07 Å². The maximum atomic E-state index is 14.4. The van der Waals surface area contributed by atoms with Crippen LogP contribution in [0.3, 0.4) is 0 Å². The van der Waals surface area contributed by atoms with Gasteiger partial charge in [0.25, 0.3) is 0 Å². The van der Waals surface area contributed by atoms with E-state index in [0.717, 1.165) is 30.8 Å². The van der Waals surface area contributed by atoms with Crippen LogP contribution in [0.1, 0.15) is 30.9 Å². The molecule has 0 N–H and O–H groups in total. The third kappa shape index (κ3) is 4.64. The van der Waals surface area contributed by atoms with Crippen molar-refractivity contribution >= 4 is 5.91 Å². The van der Waals surface area contributed by atoms with Gasteiger partial charge in [-0.3, -0.25) is 14.8 Å². The second kappa shape index (κ2) is 9.48. The Morgan fingerprint density at radius 3 is 2.67 bits per heavy atom. The molecule has 154 valence electrons. The Bertz CT molecular complexity index is 997. The number of hydrogen-bond donors (Lipinski definition) is 0. The number of aromatic nitrogens is 2. The Morgan fingerprint density at radius 2 is 1.83 bits per heavy atom. The minimum absolute atomic E-state index is 0.0287. The largest absolute Gasteiger partial charge is 0.493 e. The number of halogens is 1. The molecule has 5 nitrogen and oxygen atoms in total. The molecule has 0 saturated carbocycles. The minimum Gasteiger partial charge on any atom is -0.493 e. The molecule has 1 atom stereocenters. The average Bonchev–Trinajstić information content (AvgIpc) is 2.80. The van der Waals surface area contributed by atoms with Crippen molar-refractivity contribution in [1.82, 2.24) is 14.9 Å². The molecule has 1 aliphatic heterocycles. The number of likely N-dealkylation sites (tertiary alicyclic amines) is 1. The number of carbonyl (C=O) groups excluding carboxylic acids is 1. The second-order valence-electron chi connectivity index (χ2n) is 7.36. The van der Waals surface area contributed by atoms with Crippen molar-refractivity contribution in [2.75, 3.05) is 19.7 Å². The smallest absolute Gasteiger partial charge is 0.226 e. The zero-order valence-electron chi connectivity index (χ0n) is 16.7. The molecule has 0 spiro atoms. The minimum atomic E-state index is -0.318. The van der Waals surface area contributed by atoms with E-state index in [-0.39, 0.29) is 17.6 Å². The number of benzene rings is 2. The number of carbonyl (C=O) groups is 1. The lowest BCUT2D eigenvalue weighted by Crippen LogP contribution is -2.40. The zero-order valence-corrected chi connectivity index (χ0v) is 16.7. The van der Waals surface area contributed by atoms with E-state index >= 15 is 0 Å². The predicted octanol–water partition coefficient (Wildman–Crippen LogP) is 4.46. The Morgan fingerprint density at radius 1 is 1.07 bits per heavy atom. The van der Waals surface area contributed by atoms with Crippen LogP contribution in [0.15, 0.2) is 67.0 Å². The Balaban J connectivity index is 1.43. The molecule has 3 aromatic rings. The third-order valence-corrected chi connectivity index (χ3v) is 5.34. The normalized spacial score (nSPS) is 16.3. The number of amides is 1. The SMILES string of the molecule is O=C(CCOc1ccccc1)N1CCCC(c2nccnc2-c2ccccc2F)C1. The van der Waals surface area contributed by atoms with Gasteiger partial charge in [-0.2, -0.15) is 0 Å². The van der Waals surface area contributed by atoms with E-state index in [9.17, 15) is 9.18 Å². The number of nitrogens with zero attached hydrogens (tertiary/aromatic N) is 3. The number of ether oxygens (including phenoxy) is 1. The maximum Gasteiger partial charge on any atom is 0.226 e. The van der Waals surface area contributed by atoms with E-state index in [1.807, 2.05) is 35.2 Å². The average molecular weight is 405 g/mol. The summed E-state index contributed by atoms with van der Waals surface area (Å²) >= 11 is 0. The Labute approximate surface area is 175 Å². The van der Waals surface area contributed by atoms with Gasteiger partial charge in [-0.1, -0.05) is 30.3 Å². The number of piperidine rings is 1. The fraction of sp³-hybridized carbons (Fsp3) is 0.292. The predicted molar refractivity (Wildman–Crippen MR) is 113 cm³/mol. The highest BCUT2D eigenvalue weighted by Crippen LogP contribution is 2.32. The summed E-state index contributed by atoms with van der Waals surface area (Å²) < 4.78 is 20.0.